The van der Waals surface area contributed by atoms with Crippen molar-refractivity contribution in [3.05, 3.63) is 59.5 Å². The van der Waals surface area contributed by atoms with Crippen LogP contribution < -0.4 is 10.1 Å². The summed E-state index contributed by atoms with van der Waals surface area (Å²) in [6, 6.07) is 9.33. The molecule has 0 saturated heterocycles. The van der Waals surface area contributed by atoms with Gasteiger partial charge in [0.25, 0.3) is 5.91 Å². The third-order valence-electron chi connectivity index (χ3n) is 3.67. The summed E-state index contributed by atoms with van der Waals surface area (Å²) in [5.41, 5.74) is 3.39. The van der Waals surface area contributed by atoms with E-state index in [2.05, 4.69) is 15.5 Å². The Hall–Kier alpha value is -3.15. The van der Waals surface area contributed by atoms with Crippen LogP contribution in [0.15, 0.2) is 47.2 Å². The monoisotopic (exact) mass is 307 g/mol. The maximum atomic E-state index is 12.4. The molecule has 0 aliphatic carbocycles. The first kappa shape index (κ1) is 13.5. The molecule has 2 aromatic heterocycles. The number of pyridine rings is 1. The van der Waals surface area contributed by atoms with Crippen molar-refractivity contribution in [2.75, 3.05) is 5.32 Å². The molecule has 1 aromatic carbocycles. The largest absolute Gasteiger partial charge is 0.488 e. The van der Waals surface area contributed by atoms with Gasteiger partial charge in [0.2, 0.25) is 0 Å². The van der Waals surface area contributed by atoms with Crippen LogP contribution in [0.5, 0.6) is 5.75 Å². The summed E-state index contributed by atoms with van der Waals surface area (Å²) in [4.78, 5) is 16.4. The van der Waals surface area contributed by atoms with Crippen molar-refractivity contribution in [3.63, 3.8) is 0 Å². The van der Waals surface area contributed by atoms with Crippen molar-refractivity contribution in [1.29, 1.82) is 0 Å². The summed E-state index contributed by atoms with van der Waals surface area (Å²) in [6.07, 6.45) is 3.21. The van der Waals surface area contributed by atoms with Crippen molar-refractivity contribution in [1.82, 2.24) is 10.1 Å². The van der Waals surface area contributed by atoms with E-state index in [1.165, 1.54) is 0 Å². The summed E-state index contributed by atoms with van der Waals surface area (Å²) in [6.45, 7) is 2.24. The maximum Gasteiger partial charge on any atom is 0.278 e. The molecule has 0 bridgehead atoms. The normalized spacial score (nSPS) is 12.0. The van der Waals surface area contributed by atoms with Crippen LogP contribution in [0.4, 0.5) is 5.69 Å². The van der Waals surface area contributed by atoms with Crippen LogP contribution in [-0.4, -0.2) is 16.0 Å². The highest BCUT2D eigenvalue weighted by Crippen LogP contribution is 2.39. The van der Waals surface area contributed by atoms with Gasteiger partial charge in [-0.1, -0.05) is 16.8 Å². The highest BCUT2D eigenvalue weighted by Gasteiger charge is 2.28. The van der Waals surface area contributed by atoms with Crippen LogP contribution in [0.3, 0.4) is 0 Å². The molecule has 1 aliphatic heterocycles. The molecule has 23 heavy (non-hydrogen) atoms. The van der Waals surface area contributed by atoms with Crippen LogP contribution in [0.1, 0.15) is 21.6 Å². The number of amides is 1. The Morgan fingerprint density at radius 3 is 3.04 bits per heavy atom. The fourth-order valence-electron chi connectivity index (χ4n) is 2.56. The number of hydrogen-bond acceptors (Lipinski definition) is 5. The standard InChI is InChI=1S/C17H13N3O3/c1-10-4-5-14-12(7-10)16-13(9-22-14)15(20-23-16)17(21)19-11-3-2-6-18-8-11/h2-8H,9H2,1H3,(H,19,21). The van der Waals surface area contributed by atoms with Crippen molar-refractivity contribution >= 4 is 11.6 Å². The molecule has 0 spiro atoms. The SMILES string of the molecule is Cc1ccc2c(c1)-c1onc(C(=O)Nc3cccnc3)c1CO2. The van der Waals surface area contributed by atoms with E-state index < -0.39 is 0 Å². The Balaban J connectivity index is 1.70. The topological polar surface area (TPSA) is 77.3 Å². The van der Waals surface area contributed by atoms with Crippen LogP contribution >= 0.6 is 0 Å². The molecule has 0 saturated carbocycles. The van der Waals surface area contributed by atoms with Crippen LogP contribution in [0.25, 0.3) is 11.3 Å². The molecule has 0 atom stereocenters. The van der Waals surface area contributed by atoms with Gasteiger partial charge < -0.3 is 14.6 Å². The quantitative estimate of drug-likeness (QED) is 0.786. The van der Waals surface area contributed by atoms with E-state index in [1.807, 2.05) is 25.1 Å². The van der Waals surface area contributed by atoms with Gasteiger partial charge in [0.15, 0.2) is 11.5 Å². The number of anilines is 1. The van der Waals surface area contributed by atoms with Crippen LogP contribution in [0, 0.1) is 6.92 Å². The highest BCUT2D eigenvalue weighted by atomic mass is 16.5. The predicted octanol–water partition coefficient (Wildman–Crippen LogP) is 3.19. The fraction of sp³-hybridized carbons (Fsp3) is 0.118. The molecule has 3 heterocycles. The smallest absolute Gasteiger partial charge is 0.278 e. The summed E-state index contributed by atoms with van der Waals surface area (Å²) in [5, 5.41) is 6.69. The number of fused-ring (bicyclic) bond motifs is 3. The number of aromatic nitrogens is 2. The zero-order valence-electron chi connectivity index (χ0n) is 12.4. The number of hydrogen-bond donors (Lipinski definition) is 1. The van der Waals surface area contributed by atoms with Crippen LogP contribution in [0.2, 0.25) is 0 Å². The Morgan fingerprint density at radius 2 is 2.22 bits per heavy atom. The highest BCUT2D eigenvalue weighted by molar-refractivity contribution is 6.04. The minimum Gasteiger partial charge on any atom is -0.488 e. The molecule has 0 fully saturated rings. The summed E-state index contributed by atoms with van der Waals surface area (Å²) in [5.74, 6) is 0.979. The van der Waals surface area contributed by atoms with Gasteiger partial charge in [-0.2, -0.15) is 0 Å². The van der Waals surface area contributed by atoms with E-state index in [0.29, 0.717) is 17.0 Å². The number of nitrogens with one attached hydrogen (secondary N) is 1. The van der Waals surface area contributed by atoms with Gasteiger partial charge in [0, 0.05) is 6.20 Å². The second kappa shape index (κ2) is 5.24. The van der Waals surface area contributed by atoms with E-state index in [1.54, 1.807) is 24.5 Å². The van der Waals surface area contributed by atoms with Crippen molar-refractivity contribution in [3.8, 4) is 17.1 Å². The number of ether oxygens (including phenoxy) is 1. The van der Waals surface area contributed by atoms with E-state index >= 15 is 0 Å². The second-order valence-corrected chi connectivity index (χ2v) is 5.32. The minimum absolute atomic E-state index is 0.232. The van der Waals surface area contributed by atoms with Gasteiger partial charge in [-0.15, -0.1) is 0 Å². The molecule has 1 aliphatic rings. The average Bonchev–Trinajstić information content (AvgIpc) is 3.00. The van der Waals surface area contributed by atoms with E-state index in [4.69, 9.17) is 9.26 Å². The lowest BCUT2D eigenvalue weighted by atomic mass is 10.0. The van der Waals surface area contributed by atoms with Crippen molar-refractivity contribution in [2.24, 2.45) is 0 Å². The molecule has 1 amide bonds. The molecule has 114 valence electrons. The Bertz CT molecular complexity index is 887. The third-order valence-corrected chi connectivity index (χ3v) is 3.67. The molecule has 0 radical (unpaired) electrons. The zero-order chi connectivity index (χ0) is 15.8. The minimum atomic E-state index is -0.345. The van der Waals surface area contributed by atoms with Crippen molar-refractivity contribution < 1.29 is 14.1 Å². The predicted molar refractivity (Wildman–Crippen MR) is 83.2 cm³/mol. The number of nitrogens with zero attached hydrogens (tertiary/aromatic N) is 2. The summed E-state index contributed by atoms with van der Waals surface area (Å²) >= 11 is 0. The fourth-order valence-corrected chi connectivity index (χ4v) is 2.56. The lowest BCUT2D eigenvalue weighted by molar-refractivity contribution is 0.101. The Morgan fingerprint density at radius 1 is 1.30 bits per heavy atom. The number of benzene rings is 1. The van der Waals surface area contributed by atoms with Gasteiger partial charge in [-0.05, 0) is 31.2 Å². The van der Waals surface area contributed by atoms with Gasteiger partial charge in [0.05, 0.1) is 23.0 Å². The first-order chi connectivity index (χ1) is 11.2. The Kier molecular flexibility index (Phi) is 3.08. The van der Waals surface area contributed by atoms with E-state index in [-0.39, 0.29) is 18.2 Å². The lowest BCUT2D eigenvalue weighted by Gasteiger charge is -2.16. The van der Waals surface area contributed by atoms with Gasteiger partial charge >= 0.3 is 0 Å². The van der Waals surface area contributed by atoms with E-state index in [0.717, 1.165) is 16.9 Å². The zero-order valence-corrected chi connectivity index (χ0v) is 12.4. The van der Waals surface area contributed by atoms with Crippen LogP contribution in [-0.2, 0) is 6.61 Å². The molecule has 6 nitrogen and oxygen atoms in total. The first-order valence-electron chi connectivity index (χ1n) is 7.16. The van der Waals surface area contributed by atoms with Crippen molar-refractivity contribution in [2.45, 2.75) is 13.5 Å². The molecule has 3 aromatic rings. The number of carbonyl (C=O) groups excluding carboxylic acids is 1. The summed E-state index contributed by atoms with van der Waals surface area (Å²) in [7, 11) is 0. The molecular formula is C17H13N3O3. The second-order valence-electron chi connectivity index (χ2n) is 5.32. The summed E-state index contributed by atoms with van der Waals surface area (Å²) < 4.78 is 11.1. The van der Waals surface area contributed by atoms with E-state index in [9.17, 15) is 4.79 Å². The lowest BCUT2D eigenvalue weighted by Crippen LogP contribution is -2.16. The molecule has 1 N–H and O–H groups in total. The van der Waals surface area contributed by atoms with Gasteiger partial charge in [-0.25, -0.2) is 0 Å². The van der Waals surface area contributed by atoms with Gasteiger partial charge in [0.1, 0.15) is 12.4 Å². The average molecular weight is 307 g/mol. The molecule has 6 heteroatoms. The maximum absolute atomic E-state index is 12.4. The number of rotatable bonds is 2. The first-order valence-corrected chi connectivity index (χ1v) is 7.16. The Labute approximate surface area is 132 Å². The number of aryl methyl sites for hydroxylation is 1. The molecule has 4 rings (SSSR count). The third kappa shape index (κ3) is 2.34. The van der Waals surface area contributed by atoms with Gasteiger partial charge in [-0.3, -0.25) is 9.78 Å². The molecular weight excluding hydrogens is 294 g/mol. The molecule has 0 unspecified atom stereocenters. The number of carbonyl (C=O) groups is 1.